The summed E-state index contributed by atoms with van der Waals surface area (Å²) in [6.07, 6.45) is -0.105. The van der Waals surface area contributed by atoms with Crippen LogP contribution in [0, 0.1) is 5.92 Å². The van der Waals surface area contributed by atoms with Crippen LogP contribution in [0.25, 0.3) is 0 Å². The van der Waals surface area contributed by atoms with Gasteiger partial charge < -0.3 is 24.6 Å². The molecule has 1 aliphatic carbocycles. The van der Waals surface area contributed by atoms with E-state index in [2.05, 4.69) is 10.0 Å². The van der Waals surface area contributed by atoms with Gasteiger partial charge in [0, 0.05) is 32.1 Å². The summed E-state index contributed by atoms with van der Waals surface area (Å²) in [6, 6.07) is 21.3. The molecule has 9 nitrogen and oxygen atoms in total. The van der Waals surface area contributed by atoms with Gasteiger partial charge in [-0.2, -0.15) is 0 Å². The number of aliphatic hydroxyl groups excluding tert-OH is 1. The summed E-state index contributed by atoms with van der Waals surface area (Å²) >= 11 is 0. The van der Waals surface area contributed by atoms with E-state index in [9.17, 15) is 18.3 Å². The molecule has 0 bridgehead atoms. The first-order valence-corrected chi connectivity index (χ1v) is 14.8. The van der Waals surface area contributed by atoms with Crippen LogP contribution in [0.5, 0.6) is 11.5 Å². The van der Waals surface area contributed by atoms with E-state index in [0.717, 1.165) is 16.7 Å². The number of amides is 1. The van der Waals surface area contributed by atoms with Crippen LogP contribution >= 0.6 is 0 Å². The number of aliphatic hydroxyl groups is 1. The predicted octanol–water partition coefficient (Wildman–Crippen LogP) is 2.77. The summed E-state index contributed by atoms with van der Waals surface area (Å²) in [5.41, 5.74) is 2.90. The average Bonchev–Trinajstić information content (AvgIpc) is 3.29. The molecule has 0 radical (unpaired) electrons. The third-order valence-corrected chi connectivity index (χ3v) is 8.82. The van der Waals surface area contributed by atoms with Crippen molar-refractivity contribution in [2.24, 2.45) is 5.92 Å². The van der Waals surface area contributed by atoms with Gasteiger partial charge in [-0.15, -0.1) is 0 Å². The van der Waals surface area contributed by atoms with Crippen LogP contribution in [0.1, 0.15) is 29.2 Å². The van der Waals surface area contributed by atoms with Crippen molar-refractivity contribution in [2.75, 3.05) is 26.9 Å². The predicted molar refractivity (Wildman–Crippen MR) is 149 cm³/mol. The first-order valence-electron chi connectivity index (χ1n) is 13.4. The van der Waals surface area contributed by atoms with E-state index in [0.29, 0.717) is 37.6 Å². The van der Waals surface area contributed by atoms with Crippen molar-refractivity contribution >= 4 is 15.9 Å². The van der Waals surface area contributed by atoms with Gasteiger partial charge in [-0.1, -0.05) is 54.6 Å². The molecule has 0 unspecified atom stereocenters. The number of ether oxygens (including phenoxy) is 3. The van der Waals surface area contributed by atoms with Gasteiger partial charge in [0.1, 0.15) is 13.2 Å². The van der Waals surface area contributed by atoms with Crippen molar-refractivity contribution in [2.45, 2.75) is 42.4 Å². The second-order valence-corrected chi connectivity index (χ2v) is 11.9. The van der Waals surface area contributed by atoms with Crippen LogP contribution in [0.2, 0.25) is 0 Å². The Hall–Kier alpha value is -3.44. The molecule has 212 valence electrons. The van der Waals surface area contributed by atoms with Crippen LogP contribution in [-0.2, 0) is 32.4 Å². The van der Waals surface area contributed by atoms with E-state index in [-0.39, 0.29) is 23.8 Å². The maximum Gasteiger partial charge on any atom is 0.240 e. The Balaban J connectivity index is 1.29. The fraction of sp³-hybridized carbons (Fsp3) is 0.367. The lowest BCUT2D eigenvalue weighted by Crippen LogP contribution is -2.41. The highest BCUT2D eigenvalue weighted by molar-refractivity contribution is 7.89. The minimum Gasteiger partial charge on any atom is -0.486 e. The van der Waals surface area contributed by atoms with Crippen LogP contribution in [0.15, 0.2) is 77.7 Å². The summed E-state index contributed by atoms with van der Waals surface area (Å²) in [4.78, 5) is 13.7. The molecular weight excluding hydrogens is 532 g/mol. The maximum atomic E-state index is 13.6. The zero-order valence-electron chi connectivity index (χ0n) is 22.3. The fourth-order valence-corrected chi connectivity index (χ4v) is 6.34. The average molecular weight is 567 g/mol. The van der Waals surface area contributed by atoms with Crippen molar-refractivity contribution in [3.05, 3.63) is 89.5 Å². The molecule has 0 aromatic heterocycles. The molecule has 1 amide bonds. The summed E-state index contributed by atoms with van der Waals surface area (Å²) in [7, 11) is -2.37. The summed E-state index contributed by atoms with van der Waals surface area (Å²) < 4.78 is 45.4. The van der Waals surface area contributed by atoms with Gasteiger partial charge in [0.25, 0.3) is 0 Å². The topological polar surface area (TPSA) is 123 Å². The Labute approximate surface area is 234 Å². The molecule has 1 heterocycles. The van der Waals surface area contributed by atoms with E-state index >= 15 is 0 Å². The van der Waals surface area contributed by atoms with E-state index in [1.54, 1.807) is 6.07 Å². The monoisotopic (exact) mass is 566 g/mol. The molecule has 2 aliphatic rings. The smallest absolute Gasteiger partial charge is 0.240 e. The normalized spacial score (nSPS) is 19.4. The number of sulfonamides is 1. The zero-order chi connectivity index (χ0) is 28.1. The highest BCUT2D eigenvalue weighted by Crippen LogP contribution is 2.33. The second kappa shape index (κ2) is 12.4. The van der Waals surface area contributed by atoms with E-state index in [4.69, 9.17) is 14.2 Å². The van der Waals surface area contributed by atoms with Crippen molar-refractivity contribution in [3.63, 3.8) is 0 Å². The number of fused-ring (bicyclic) bond motifs is 2. The van der Waals surface area contributed by atoms with E-state index in [1.807, 2.05) is 54.6 Å². The Bertz CT molecular complexity index is 1430. The van der Waals surface area contributed by atoms with Gasteiger partial charge in [0.15, 0.2) is 11.5 Å². The standard InChI is InChI=1S/C30H34N2O7S/c1-37-23(19-31-40(35,36)24-11-12-27-28(18-24)39-14-13-38-27)16-22(15-20-7-3-2-4-8-20)30(34)32-29-25-10-6-5-9-21(25)17-26(29)33/h2-12,18,22-23,26,29,31,33H,13-17,19H2,1H3,(H,32,34)/t22-,23+,26-,29+/m1/s1. The molecule has 5 rings (SSSR count). The third kappa shape index (κ3) is 6.47. The molecule has 0 spiro atoms. The van der Waals surface area contributed by atoms with Crippen LogP contribution in [0.4, 0.5) is 0 Å². The zero-order valence-corrected chi connectivity index (χ0v) is 23.1. The molecule has 10 heteroatoms. The lowest BCUT2D eigenvalue weighted by Gasteiger charge is -2.26. The van der Waals surface area contributed by atoms with Gasteiger partial charge in [-0.3, -0.25) is 4.79 Å². The summed E-state index contributed by atoms with van der Waals surface area (Å²) in [5.74, 6) is 0.143. The van der Waals surface area contributed by atoms with Crippen LogP contribution in [-0.4, -0.2) is 58.5 Å². The van der Waals surface area contributed by atoms with E-state index < -0.39 is 34.2 Å². The van der Waals surface area contributed by atoms with Gasteiger partial charge >= 0.3 is 0 Å². The quantitative estimate of drug-likeness (QED) is 0.326. The Kier molecular flexibility index (Phi) is 8.70. The number of carbonyl (C=O) groups excluding carboxylic acids is 1. The van der Waals surface area contributed by atoms with Crippen molar-refractivity contribution < 1.29 is 32.5 Å². The number of rotatable bonds is 11. The third-order valence-electron chi connectivity index (χ3n) is 7.40. The minimum absolute atomic E-state index is 0.0271. The first-order chi connectivity index (χ1) is 19.3. The fourth-order valence-electron chi connectivity index (χ4n) is 5.26. The molecule has 0 saturated carbocycles. The number of hydrogen-bond donors (Lipinski definition) is 3. The first kappa shape index (κ1) is 28.1. The number of nitrogens with one attached hydrogen (secondary N) is 2. The Morgan fingerprint density at radius 2 is 1.75 bits per heavy atom. The molecule has 0 fully saturated rings. The molecule has 3 aromatic rings. The molecule has 0 saturated heterocycles. The van der Waals surface area contributed by atoms with Crippen molar-refractivity contribution in [3.8, 4) is 11.5 Å². The van der Waals surface area contributed by atoms with Gasteiger partial charge in [0.05, 0.1) is 23.1 Å². The van der Waals surface area contributed by atoms with Crippen LogP contribution < -0.4 is 19.5 Å². The molecule has 3 N–H and O–H groups in total. The molecular formula is C30H34N2O7S. The minimum atomic E-state index is -3.87. The molecule has 4 atom stereocenters. The maximum absolute atomic E-state index is 13.6. The number of methoxy groups -OCH3 is 1. The summed E-state index contributed by atoms with van der Waals surface area (Å²) in [6.45, 7) is 0.738. The SMILES string of the molecule is CO[C@H](CNS(=O)(=O)c1ccc2c(c1)OCCO2)C[C@@H](Cc1ccccc1)C(=O)N[C@H]1c2ccccc2C[C@H]1O. The van der Waals surface area contributed by atoms with Crippen molar-refractivity contribution in [1.82, 2.24) is 10.0 Å². The number of carbonyl (C=O) groups is 1. The second-order valence-electron chi connectivity index (χ2n) is 10.1. The number of benzene rings is 3. The van der Waals surface area contributed by atoms with E-state index in [1.165, 1.54) is 19.2 Å². The largest absolute Gasteiger partial charge is 0.486 e. The lowest BCUT2D eigenvalue weighted by atomic mass is 9.92. The Morgan fingerprint density at radius 1 is 1.02 bits per heavy atom. The summed E-state index contributed by atoms with van der Waals surface area (Å²) in [5, 5.41) is 13.7. The molecule has 3 aromatic carbocycles. The highest BCUT2D eigenvalue weighted by Gasteiger charge is 2.34. The van der Waals surface area contributed by atoms with Gasteiger partial charge in [0.2, 0.25) is 15.9 Å². The molecule has 40 heavy (non-hydrogen) atoms. The lowest BCUT2D eigenvalue weighted by molar-refractivity contribution is -0.127. The highest BCUT2D eigenvalue weighted by atomic mass is 32.2. The number of hydrogen-bond acceptors (Lipinski definition) is 7. The van der Waals surface area contributed by atoms with Crippen LogP contribution in [0.3, 0.4) is 0 Å². The molecule has 1 aliphatic heterocycles. The van der Waals surface area contributed by atoms with Crippen molar-refractivity contribution in [1.29, 1.82) is 0 Å². The van der Waals surface area contributed by atoms with Gasteiger partial charge in [-0.05, 0) is 41.7 Å². The Morgan fingerprint density at radius 3 is 2.52 bits per heavy atom. The van der Waals surface area contributed by atoms with Gasteiger partial charge in [-0.25, -0.2) is 13.1 Å².